The van der Waals surface area contributed by atoms with Crippen LogP contribution in [0.2, 0.25) is 0 Å². The van der Waals surface area contributed by atoms with Gasteiger partial charge in [-0.25, -0.2) is 0 Å². The lowest BCUT2D eigenvalue weighted by Crippen LogP contribution is -2.22. The summed E-state index contributed by atoms with van der Waals surface area (Å²) in [6.45, 7) is 5.69. The molecule has 100 valence electrons. The summed E-state index contributed by atoms with van der Waals surface area (Å²) in [5.74, 6) is 1.05. The van der Waals surface area contributed by atoms with E-state index in [2.05, 4.69) is 10.5 Å². The second-order valence-corrected chi connectivity index (χ2v) is 5.80. The maximum Gasteiger partial charge on any atom is 0.238 e. The Hall–Kier alpha value is -1.75. The second-order valence-electron chi connectivity index (χ2n) is 4.39. The summed E-state index contributed by atoms with van der Waals surface area (Å²) in [4.78, 5) is 13.1. The van der Waals surface area contributed by atoms with Gasteiger partial charge < -0.3 is 9.84 Å². The maximum atomic E-state index is 12.0. The highest BCUT2D eigenvalue weighted by atomic mass is 32.2. The molecule has 0 saturated heterocycles. The number of hydrogen-bond donors (Lipinski definition) is 1. The van der Waals surface area contributed by atoms with Crippen LogP contribution < -0.4 is 5.32 Å². The fourth-order valence-electron chi connectivity index (χ4n) is 1.53. The summed E-state index contributed by atoms with van der Waals surface area (Å²) in [5.41, 5.74) is 1.21. The van der Waals surface area contributed by atoms with Crippen LogP contribution in [0.25, 0.3) is 0 Å². The molecule has 0 spiro atoms. The van der Waals surface area contributed by atoms with E-state index in [0.717, 1.165) is 4.90 Å². The van der Waals surface area contributed by atoms with Gasteiger partial charge in [0, 0.05) is 11.0 Å². The fraction of sp³-hybridized carbons (Fsp3) is 0.286. The van der Waals surface area contributed by atoms with E-state index < -0.39 is 0 Å². The Bertz CT molecular complexity index is 563. The summed E-state index contributed by atoms with van der Waals surface area (Å²) < 4.78 is 4.91. The monoisotopic (exact) mass is 276 g/mol. The zero-order valence-electron chi connectivity index (χ0n) is 11.1. The van der Waals surface area contributed by atoms with Crippen molar-refractivity contribution < 1.29 is 9.32 Å². The number of amides is 1. The molecule has 0 bridgehead atoms. The Morgan fingerprint density at radius 2 is 2.00 bits per heavy atom. The average Bonchev–Trinajstić information content (AvgIpc) is 2.77. The van der Waals surface area contributed by atoms with Crippen molar-refractivity contribution >= 4 is 23.5 Å². The van der Waals surface area contributed by atoms with E-state index in [9.17, 15) is 4.79 Å². The minimum atomic E-state index is -0.195. The molecule has 1 aromatic heterocycles. The number of aromatic nitrogens is 1. The molecule has 0 aliphatic carbocycles. The van der Waals surface area contributed by atoms with Crippen molar-refractivity contribution in [2.75, 3.05) is 5.32 Å². The van der Waals surface area contributed by atoms with Crippen LogP contribution >= 0.6 is 11.8 Å². The van der Waals surface area contributed by atoms with Gasteiger partial charge in [0.2, 0.25) is 5.91 Å². The van der Waals surface area contributed by atoms with Crippen molar-refractivity contribution in [1.82, 2.24) is 5.16 Å². The predicted octanol–water partition coefficient (Wildman–Crippen LogP) is 3.41. The van der Waals surface area contributed by atoms with E-state index in [1.807, 2.05) is 38.1 Å². The Labute approximate surface area is 116 Å². The third-order valence-electron chi connectivity index (χ3n) is 2.58. The Morgan fingerprint density at radius 3 is 2.58 bits per heavy atom. The highest BCUT2D eigenvalue weighted by molar-refractivity contribution is 8.00. The van der Waals surface area contributed by atoms with Gasteiger partial charge in [-0.2, -0.15) is 0 Å². The van der Waals surface area contributed by atoms with Gasteiger partial charge in [0.1, 0.15) is 5.76 Å². The molecule has 1 heterocycles. The van der Waals surface area contributed by atoms with E-state index >= 15 is 0 Å². The Balaban J connectivity index is 1.94. The lowest BCUT2D eigenvalue weighted by molar-refractivity contribution is -0.115. The van der Waals surface area contributed by atoms with Gasteiger partial charge in [-0.05, 0) is 32.9 Å². The van der Waals surface area contributed by atoms with Crippen molar-refractivity contribution in [2.45, 2.75) is 30.9 Å². The van der Waals surface area contributed by atoms with E-state index in [-0.39, 0.29) is 11.2 Å². The summed E-state index contributed by atoms with van der Waals surface area (Å²) >= 11 is 1.52. The third kappa shape index (κ3) is 3.86. The molecule has 1 amide bonds. The van der Waals surface area contributed by atoms with E-state index in [1.54, 1.807) is 13.0 Å². The molecule has 0 aliphatic heterocycles. The molecule has 0 radical (unpaired) electrons. The van der Waals surface area contributed by atoms with Crippen LogP contribution in [-0.2, 0) is 4.79 Å². The summed E-state index contributed by atoms with van der Waals surface area (Å²) in [6, 6.07) is 9.80. The van der Waals surface area contributed by atoms with Gasteiger partial charge in [0.15, 0.2) is 5.82 Å². The van der Waals surface area contributed by atoms with Gasteiger partial charge >= 0.3 is 0 Å². The quantitative estimate of drug-likeness (QED) is 0.869. The molecular formula is C14H16N2O2S. The summed E-state index contributed by atoms with van der Waals surface area (Å²) in [6.07, 6.45) is 0. The molecule has 0 unspecified atom stereocenters. The largest absolute Gasteiger partial charge is 0.360 e. The van der Waals surface area contributed by atoms with Gasteiger partial charge in [-0.3, -0.25) is 4.79 Å². The first-order valence-corrected chi connectivity index (χ1v) is 6.90. The number of carbonyl (C=O) groups is 1. The number of hydrogen-bond acceptors (Lipinski definition) is 4. The molecule has 2 aromatic rings. The predicted molar refractivity (Wildman–Crippen MR) is 76.4 cm³/mol. The van der Waals surface area contributed by atoms with Crippen molar-refractivity contribution in [3.8, 4) is 0 Å². The van der Waals surface area contributed by atoms with Crippen LogP contribution in [0.1, 0.15) is 18.2 Å². The number of nitrogens with one attached hydrogen (secondary N) is 1. The fourth-order valence-corrected chi connectivity index (χ4v) is 2.40. The molecule has 2 rings (SSSR count). The maximum absolute atomic E-state index is 12.0. The zero-order chi connectivity index (χ0) is 13.8. The third-order valence-corrected chi connectivity index (χ3v) is 3.69. The number of thioether (sulfide) groups is 1. The molecule has 5 heteroatoms. The topological polar surface area (TPSA) is 55.1 Å². The summed E-state index contributed by atoms with van der Waals surface area (Å²) in [5, 5.41) is 6.28. The van der Waals surface area contributed by atoms with Gasteiger partial charge in [0.25, 0.3) is 0 Å². The van der Waals surface area contributed by atoms with Gasteiger partial charge in [-0.15, -0.1) is 11.8 Å². The molecule has 1 atom stereocenters. The van der Waals surface area contributed by atoms with Crippen LogP contribution in [0.4, 0.5) is 5.82 Å². The number of benzene rings is 1. The molecular weight excluding hydrogens is 260 g/mol. The minimum Gasteiger partial charge on any atom is -0.360 e. The number of nitrogens with zero attached hydrogens (tertiary/aromatic N) is 1. The number of aryl methyl sites for hydroxylation is 2. The molecule has 0 saturated carbocycles. The molecule has 1 N–H and O–H groups in total. The van der Waals surface area contributed by atoms with Crippen molar-refractivity contribution in [3.05, 3.63) is 41.7 Å². The first-order chi connectivity index (χ1) is 9.04. The number of rotatable bonds is 4. The zero-order valence-corrected chi connectivity index (χ0v) is 12.0. The highest BCUT2D eigenvalue weighted by Gasteiger charge is 2.15. The highest BCUT2D eigenvalue weighted by Crippen LogP contribution is 2.24. The first-order valence-electron chi connectivity index (χ1n) is 6.02. The average molecular weight is 276 g/mol. The molecule has 1 aromatic carbocycles. The second kappa shape index (κ2) is 5.93. The summed E-state index contributed by atoms with van der Waals surface area (Å²) in [7, 11) is 0. The van der Waals surface area contributed by atoms with Gasteiger partial charge in [-0.1, -0.05) is 22.9 Å². The minimum absolute atomic E-state index is 0.0844. The molecule has 4 nitrogen and oxygen atoms in total. The van der Waals surface area contributed by atoms with Gasteiger partial charge in [0.05, 0.1) is 5.25 Å². The van der Waals surface area contributed by atoms with Crippen molar-refractivity contribution in [2.24, 2.45) is 0 Å². The molecule has 19 heavy (non-hydrogen) atoms. The van der Waals surface area contributed by atoms with Crippen LogP contribution in [0, 0.1) is 13.8 Å². The smallest absolute Gasteiger partial charge is 0.238 e. The van der Waals surface area contributed by atoms with Crippen LogP contribution in [-0.4, -0.2) is 16.3 Å². The van der Waals surface area contributed by atoms with E-state index in [1.165, 1.54) is 17.3 Å². The lowest BCUT2D eigenvalue weighted by Gasteiger charge is -2.10. The normalized spacial score (nSPS) is 12.2. The molecule has 0 fully saturated rings. The molecule has 0 aliphatic rings. The van der Waals surface area contributed by atoms with Crippen LogP contribution in [0.3, 0.4) is 0 Å². The van der Waals surface area contributed by atoms with E-state index in [4.69, 9.17) is 4.52 Å². The SMILES string of the molecule is Cc1ccc(S[C@H](C)C(=O)Nc2cc(C)on2)cc1. The van der Waals surface area contributed by atoms with Crippen molar-refractivity contribution in [3.63, 3.8) is 0 Å². The Kier molecular flexibility index (Phi) is 4.27. The first kappa shape index (κ1) is 13.7. The lowest BCUT2D eigenvalue weighted by atomic mass is 10.2. The van der Waals surface area contributed by atoms with Crippen LogP contribution in [0.5, 0.6) is 0 Å². The van der Waals surface area contributed by atoms with E-state index in [0.29, 0.717) is 11.6 Å². The number of anilines is 1. The number of carbonyl (C=O) groups excluding carboxylic acids is 1. The van der Waals surface area contributed by atoms with Crippen LogP contribution in [0.15, 0.2) is 39.8 Å². The standard InChI is InChI=1S/C14H16N2O2S/c1-9-4-6-12(7-5-9)19-11(3)14(17)15-13-8-10(2)18-16-13/h4-8,11H,1-3H3,(H,15,16,17)/t11-/m1/s1. The van der Waals surface area contributed by atoms with Crippen molar-refractivity contribution in [1.29, 1.82) is 0 Å². The Morgan fingerprint density at radius 1 is 1.32 bits per heavy atom.